The third-order valence-corrected chi connectivity index (χ3v) is 3.84. The number of rotatable bonds is 2. The molecular weight excluding hydrogens is 274 g/mol. The van der Waals surface area contributed by atoms with Crippen molar-refractivity contribution in [2.75, 3.05) is 11.9 Å². The number of aliphatic hydroxyl groups excluding tert-OH is 1. The Morgan fingerprint density at radius 3 is 2.80 bits per heavy atom. The molecule has 0 aliphatic heterocycles. The molecule has 1 aliphatic rings. The van der Waals surface area contributed by atoms with E-state index in [2.05, 4.69) is 17.2 Å². The van der Waals surface area contributed by atoms with Crippen LogP contribution < -0.4 is 5.32 Å². The Kier molecular flexibility index (Phi) is 5.46. The highest BCUT2D eigenvalue weighted by atomic mass is 35.5. The second-order valence-electron chi connectivity index (χ2n) is 4.98. The molecule has 1 aromatic rings. The Labute approximate surface area is 124 Å². The minimum absolute atomic E-state index is 0.0406. The van der Waals surface area contributed by atoms with Crippen molar-refractivity contribution < 1.29 is 9.90 Å². The molecule has 0 atom stereocenters. The normalized spacial score (nSPS) is 15.3. The largest absolute Gasteiger partial charge is 0.384 e. The van der Waals surface area contributed by atoms with Gasteiger partial charge in [0.1, 0.15) is 6.61 Å². The molecule has 3 nitrogen and oxygen atoms in total. The van der Waals surface area contributed by atoms with Crippen LogP contribution in [-0.2, 0) is 4.79 Å². The van der Waals surface area contributed by atoms with Crippen LogP contribution >= 0.6 is 11.6 Å². The molecule has 0 radical (unpaired) electrons. The van der Waals surface area contributed by atoms with Gasteiger partial charge in [-0.15, -0.1) is 0 Å². The van der Waals surface area contributed by atoms with Gasteiger partial charge in [-0.1, -0.05) is 42.7 Å². The monoisotopic (exact) mass is 291 g/mol. The third-order valence-electron chi connectivity index (χ3n) is 3.51. The molecule has 1 saturated carbocycles. The summed E-state index contributed by atoms with van der Waals surface area (Å²) in [6, 6.07) is 5.21. The maximum absolute atomic E-state index is 12.2. The zero-order valence-corrected chi connectivity index (χ0v) is 12.0. The van der Waals surface area contributed by atoms with Crippen molar-refractivity contribution >= 4 is 23.2 Å². The van der Waals surface area contributed by atoms with Gasteiger partial charge in [-0.2, -0.15) is 0 Å². The molecule has 20 heavy (non-hydrogen) atoms. The average Bonchev–Trinajstić information content (AvgIpc) is 2.49. The number of nitrogens with one attached hydrogen (secondary N) is 1. The maximum atomic E-state index is 12.2. The third kappa shape index (κ3) is 4.00. The Balaban J connectivity index is 2.09. The zero-order chi connectivity index (χ0) is 14.4. The lowest BCUT2D eigenvalue weighted by atomic mass is 9.88. The molecule has 0 bridgehead atoms. The van der Waals surface area contributed by atoms with Gasteiger partial charge < -0.3 is 10.4 Å². The minimum Gasteiger partial charge on any atom is -0.384 e. The topological polar surface area (TPSA) is 49.3 Å². The molecule has 0 unspecified atom stereocenters. The summed E-state index contributed by atoms with van der Waals surface area (Å²) in [7, 11) is 0. The van der Waals surface area contributed by atoms with Crippen molar-refractivity contribution in [1.29, 1.82) is 0 Å². The van der Waals surface area contributed by atoms with Crippen LogP contribution in [0.3, 0.4) is 0 Å². The van der Waals surface area contributed by atoms with Crippen LogP contribution in [0, 0.1) is 17.8 Å². The Hall–Kier alpha value is -1.50. The Morgan fingerprint density at radius 2 is 2.10 bits per heavy atom. The van der Waals surface area contributed by atoms with Crippen LogP contribution in [0.1, 0.15) is 37.7 Å². The van der Waals surface area contributed by atoms with Gasteiger partial charge in [0.2, 0.25) is 5.91 Å². The summed E-state index contributed by atoms with van der Waals surface area (Å²) >= 11 is 6.10. The Morgan fingerprint density at radius 1 is 1.35 bits per heavy atom. The first-order valence-corrected chi connectivity index (χ1v) is 7.28. The molecule has 0 heterocycles. The number of anilines is 1. The molecule has 1 fully saturated rings. The van der Waals surface area contributed by atoms with Gasteiger partial charge in [0.15, 0.2) is 0 Å². The van der Waals surface area contributed by atoms with E-state index < -0.39 is 0 Å². The molecule has 1 amide bonds. The molecule has 0 saturated heterocycles. The van der Waals surface area contributed by atoms with Crippen molar-refractivity contribution in [3.63, 3.8) is 0 Å². The number of hydrogen-bond acceptors (Lipinski definition) is 2. The molecule has 1 aromatic carbocycles. The van der Waals surface area contributed by atoms with E-state index in [4.69, 9.17) is 16.7 Å². The fourth-order valence-electron chi connectivity index (χ4n) is 2.44. The lowest BCUT2D eigenvalue weighted by Gasteiger charge is -2.21. The smallest absolute Gasteiger partial charge is 0.227 e. The highest BCUT2D eigenvalue weighted by Crippen LogP contribution is 2.27. The quantitative estimate of drug-likeness (QED) is 0.822. The van der Waals surface area contributed by atoms with E-state index in [1.165, 1.54) is 6.42 Å². The Bertz CT molecular complexity index is 539. The van der Waals surface area contributed by atoms with Crippen molar-refractivity contribution in [2.24, 2.45) is 5.92 Å². The zero-order valence-electron chi connectivity index (χ0n) is 11.3. The first-order chi connectivity index (χ1) is 9.70. The lowest BCUT2D eigenvalue weighted by molar-refractivity contribution is -0.120. The molecule has 0 aromatic heterocycles. The number of aliphatic hydroxyl groups is 1. The van der Waals surface area contributed by atoms with E-state index in [9.17, 15) is 4.79 Å². The number of halogens is 1. The first-order valence-electron chi connectivity index (χ1n) is 6.91. The number of hydrogen-bond donors (Lipinski definition) is 2. The summed E-state index contributed by atoms with van der Waals surface area (Å²) in [6.45, 7) is -0.188. The average molecular weight is 292 g/mol. The van der Waals surface area contributed by atoms with Crippen LogP contribution in [-0.4, -0.2) is 17.6 Å². The lowest BCUT2D eigenvalue weighted by Crippen LogP contribution is -2.24. The van der Waals surface area contributed by atoms with Crippen molar-refractivity contribution in [1.82, 2.24) is 0 Å². The summed E-state index contributed by atoms with van der Waals surface area (Å²) in [4.78, 5) is 12.2. The first kappa shape index (κ1) is 14.9. The van der Waals surface area contributed by atoms with Crippen LogP contribution in [0.15, 0.2) is 18.2 Å². The van der Waals surface area contributed by atoms with Crippen LogP contribution in [0.2, 0.25) is 5.02 Å². The van der Waals surface area contributed by atoms with Crippen molar-refractivity contribution in [2.45, 2.75) is 32.1 Å². The van der Waals surface area contributed by atoms with E-state index in [1.807, 2.05) is 0 Å². The predicted molar refractivity (Wildman–Crippen MR) is 80.6 cm³/mol. The van der Waals surface area contributed by atoms with Gasteiger partial charge in [0.25, 0.3) is 0 Å². The van der Waals surface area contributed by atoms with Crippen LogP contribution in [0.25, 0.3) is 0 Å². The van der Waals surface area contributed by atoms with E-state index in [0.717, 1.165) is 31.2 Å². The molecule has 2 N–H and O–H groups in total. The van der Waals surface area contributed by atoms with Gasteiger partial charge in [0, 0.05) is 11.5 Å². The maximum Gasteiger partial charge on any atom is 0.227 e. The second-order valence-corrected chi connectivity index (χ2v) is 5.39. The molecule has 4 heteroatoms. The molecule has 1 aliphatic carbocycles. The van der Waals surface area contributed by atoms with Gasteiger partial charge in [-0.05, 0) is 31.0 Å². The highest BCUT2D eigenvalue weighted by Gasteiger charge is 2.21. The van der Waals surface area contributed by atoms with Crippen molar-refractivity contribution in [3.05, 3.63) is 28.8 Å². The fourth-order valence-corrected chi connectivity index (χ4v) is 2.60. The van der Waals surface area contributed by atoms with Gasteiger partial charge in [-0.25, -0.2) is 0 Å². The van der Waals surface area contributed by atoms with E-state index >= 15 is 0 Å². The number of amides is 1. The number of benzene rings is 1. The summed E-state index contributed by atoms with van der Waals surface area (Å²) in [6.07, 6.45) is 5.36. The summed E-state index contributed by atoms with van der Waals surface area (Å²) in [5, 5.41) is 12.1. The van der Waals surface area contributed by atoms with Gasteiger partial charge in [-0.3, -0.25) is 4.79 Å². The summed E-state index contributed by atoms with van der Waals surface area (Å²) < 4.78 is 0. The fraction of sp³-hybridized carbons (Fsp3) is 0.438. The highest BCUT2D eigenvalue weighted by molar-refractivity contribution is 6.33. The molecule has 106 valence electrons. The summed E-state index contributed by atoms with van der Waals surface area (Å²) in [5.41, 5.74) is 1.31. The molecule has 2 rings (SSSR count). The van der Waals surface area contributed by atoms with Crippen LogP contribution in [0.4, 0.5) is 5.69 Å². The molecule has 0 spiro atoms. The standard InChI is InChI=1S/C16H18ClNO2/c17-14-9-8-12(5-4-10-19)11-15(14)18-16(20)13-6-2-1-3-7-13/h8-9,11,13,19H,1-3,6-7,10H2,(H,18,20). The van der Waals surface area contributed by atoms with Crippen LogP contribution in [0.5, 0.6) is 0 Å². The number of carbonyl (C=O) groups excluding carboxylic acids is 1. The van der Waals surface area contributed by atoms with E-state index in [1.54, 1.807) is 18.2 Å². The minimum atomic E-state index is -0.188. The van der Waals surface area contributed by atoms with E-state index in [0.29, 0.717) is 10.7 Å². The van der Waals surface area contributed by atoms with Crippen molar-refractivity contribution in [3.8, 4) is 11.8 Å². The van der Waals surface area contributed by atoms with Gasteiger partial charge in [0.05, 0.1) is 10.7 Å². The SMILES string of the molecule is O=C(Nc1cc(C#CCO)ccc1Cl)C1CCCCC1. The predicted octanol–water partition coefficient (Wildman–Crippen LogP) is 3.20. The van der Waals surface area contributed by atoms with Gasteiger partial charge >= 0.3 is 0 Å². The second kappa shape index (κ2) is 7.33. The summed E-state index contributed by atoms with van der Waals surface area (Å²) in [5.74, 6) is 5.51. The molecular formula is C16H18ClNO2. The number of carbonyl (C=O) groups is 1. The van der Waals surface area contributed by atoms with E-state index in [-0.39, 0.29) is 18.4 Å².